The van der Waals surface area contributed by atoms with Crippen LogP contribution in [0.3, 0.4) is 0 Å². The molecule has 6 nitrogen and oxygen atoms in total. The molecule has 4 rings (SSSR count). The van der Waals surface area contributed by atoms with Crippen LogP contribution < -0.4 is 16.4 Å². The number of nitrogens with zero attached hydrogens (tertiary/aromatic N) is 2. The lowest BCUT2D eigenvalue weighted by atomic mass is 9.88. The van der Waals surface area contributed by atoms with Gasteiger partial charge in [0, 0.05) is 53.2 Å². The van der Waals surface area contributed by atoms with Crippen LogP contribution in [-0.4, -0.2) is 48.0 Å². The van der Waals surface area contributed by atoms with Gasteiger partial charge in [-0.15, -0.1) is 0 Å². The van der Waals surface area contributed by atoms with Crippen molar-refractivity contribution < 1.29 is 4.79 Å². The number of primary amides is 1. The molecule has 4 N–H and O–H groups in total. The maximum absolute atomic E-state index is 11.9. The Morgan fingerprint density at radius 2 is 1.75 bits per heavy atom. The van der Waals surface area contributed by atoms with Crippen molar-refractivity contribution >= 4 is 40.8 Å². The van der Waals surface area contributed by atoms with E-state index in [9.17, 15) is 4.79 Å². The van der Waals surface area contributed by atoms with Gasteiger partial charge in [0.2, 0.25) is 5.91 Å². The number of nitrogens with one attached hydrogen (secondary N) is 2. The minimum Gasteiger partial charge on any atom is -0.370 e. The van der Waals surface area contributed by atoms with Crippen molar-refractivity contribution in [1.82, 2.24) is 10.2 Å². The van der Waals surface area contributed by atoms with Crippen LogP contribution in [0.1, 0.15) is 69.4 Å². The summed E-state index contributed by atoms with van der Waals surface area (Å²) in [5.41, 5.74) is 8.36. The molecule has 0 spiro atoms. The number of aliphatic imine (C=N–C) groups is 1. The lowest BCUT2D eigenvalue weighted by Gasteiger charge is -2.38. The minimum absolute atomic E-state index is 0.166. The first-order valence-corrected chi connectivity index (χ1v) is 13.7. The fraction of sp³-hybridized carbons (Fsp3) is 0.500. The van der Waals surface area contributed by atoms with Crippen molar-refractivity contribution in [2.75, 3.05) is 18.4 Å². The first-order chi connectivity index (χ1) is 17.3. The molecule has 1 aliphatic carbocycles. The lowest BCUT2D eigenvalue weighted by molar-refractivity contribution is -0.118. The maximum atomic E-state index is 11.9. The van der Waals surface area contributed by atoms with Gasteiger partial charge in [-0.25, -0.2) is 4.99 Å². The van der Waals surface area contributed by atoms with Gasteiger partial charge in [-0.2, -0.15) is 0 Å². The van der Waals surface area contributed by atoms with Crippen molar-refractivity contribution in [2.24, 2.45) is 10.7 Å². The lowest BCUT2D eigenvalue weighted by Crippen LogP contribution is -2.57. The van der Waals surface area contributed by atoms with Crippen molar-refractivity contribution in [3.8, 4) is 0 Å². The molecule has 194 valence electrons. The number of anilines is 1. The van der Waals surface area contributed by atoms with Crippen LogP contribution in [0.4, 0.5) is 5.69 Å². The van der Waals surface area contributed by atoms with Gasteiger partial charge in [0.05, 0.1) is 6.04 Å². The molecule has 2 aromatic rings. The third-order valence-corrected chi connectivity index (χ3v) is 7.61. The van der Waals surface area contributed by atoms with Gasteiger partial charge in [0.15, 0.2) is 5.96 Å². The van der Waals surface area contributed by atoms with Crippen molar-refractivity contribution in [3.63, 3.8) is 0 Å². The Hall–Kier alpha value is -2.28. The van der Waals surface area contributed by atoms with Crippen molar-refractivity contribution in [2.45, 2.75) is 76.4 Å². The van der Waals surface area contributed by atoms with Gasteiger partial charge >= 0.3 is 0 Å². The molecule has 0 aromatic heterocycles. The highest BCUT2D eigenvalue weighted by molar-refractivity contribution is 6.35. The van der Waals surface area contributed by atoms with E-state index in [1.165, 1.54) is 19.3 Å². The fourth-order valence-electron chi connectivity index (χ4n) is 5.40. The van der Waals surface area contributed by atoms with E-state index in [-0.39, 0.29) is 18.2 Å². The predicted molar refractivity (Wildman–Crippen MR) is 150 cm³/mol. The Kier molecular flexibility index (Phi) is 9.15. The Morgan fingerprint density at radius 1 is 1.08 bits per heavy atom. The van der Waals surface area contributed by atoms with E-state index in [0.717, 1.165) is 48.7 Å². The van der Waals surface area contributed by atoms with Crippen LogP contribution in [0, 0.1) is 0 Å². The number of piperazine rings is 1. The topological polar surface area (TPSA) is 82.8 Å². The summed E-state index contributed by atoms with van der Waals surface area (Å²) in [7, 11) is 0. The molecule has 2 aliphatic rings. The first kappa shape index (κ1) is 26.8. The average Bonchev–Trinajstić information content (AvgIpc) is 2.83. The van der Waals surface area contributed by atoms with Crippen LogP contribution in [-0.2, 0) is 4.79 Å². The Bertz CT molecular complexity index is 1060. The highest BCUT2D eigenvalue weighted by Gasteiger charge is 2.25. The standard InChI is InChI=1S/C28H37Cl2N5O/c1-18-16-35(17-19(2)32-18)28(33-22-6-4-3-5-7-22)34-23-11-8-20(9-12-23)25(15-27(31)36)24-13-10-21(29)14-26(24)30/h8-14,18-19,22,25,32H,3-7,15-17H2,1-2H3,(H2,31,36)(H,33,34)/t18-,19-,25?/m0/s1. The molecule has 2 fully saturated rings. The number of benzene rings is 2. The predicted octanol–water partition coefficient (Wildman–Crippen LogP) is 5.78. The number of nitrogens with two attached hydrogens (primary N) is 1. The fourth-order valence-corrected chi connectivity index (χ4v) is 5.94. The molecule has 8 heteroatoms. The molecule has 1 aliphatic heterocycles. The normalized spacial score (nSPS) is 22.3. The Morgan fingerprint density at radius 3 is 2.36 bits per heavy atom. The second-order valence-electron chi connectivity index (χ2n) is 10.3. The number of guanidine groups is 1. The van der Waals surface area contributed by atoms with Gasteiger partial charge in [-0.05, 0) is 62.1 Å². The van der Waals surface area contributed by atoms with Gasteiger partial charge in [-0.1, -0.05) is 60.7 Å². The van der Waals surface area contributed by atoms with E-state index in [1.54, 1.807) is 12.1 Å². The molecular weight excluding hydrogens is 493 g/mol. The van der Waals surface area contributed by atoms with Crippen LogP contribution in [0.15, 0.2) is 47.5 Å². The molecular formula is C28H37Cl2N5O. The highest BCUT2D eigenvalue weighted by atomic mass is 35.5. The SMILES string of the molecule is C[C@H]1CN(/C(=N\C2CCCCC2)Nc2ccc(C(CC(N)=O)c3ccc(Cl)cc3Cl)cc2)C[C@H](C)N1. The summed E-state index contributed by atoms with van der Waals surface area (Å²) in [6.45, 7) is 6.26. The third kappa shape index (κ3) is 7.15. The summed E-state index contributed by atoms with van der Waals surface area (Å²) >= 11 is 12.6. The summed E-state index contributed by atoms with van der Waals surface area (Å²) in [5, 5.41) is 8.31. The Balaban J connectivity index is 1.58. The number of halogens is 2. The number of rotatable bonds is 6. The molecule has 1 saturated carbocycles. The van der Waals surface area contributed by atoms with E-state index < -0.39 is 0 Å². The van der Waals surface area contributed by atoms with Crippen LogP contribution in [0.2, 0.25) is 10.0 Å². The van der Waals surface area contributed by atoms with Crippen molar-refractivity contribution in [1.29, 1.82) is 0 Å². The molecule has 0 radical (unpaired) electrons. The molecule has 1 amide bonds. The zero-order valence-corrected chi connectivity index (χ0v) is 22.7. The third-order valence-electron chi connectivity index (χ3n) is 7.05. The van der Waals surface area contributed by atoms with E-state index in [1.807, 2.05) is 30.3 Å². The summed E-state index contributed by atoms with van der Waals surface area (Å²) in [4.78, 5) is 19.5. The molecule has 1 heterocycles. The second-order valence-corrected chi connectivity index (χ2v) is 11.1. The molecule has 1 saturated heterocycles. The quantitative estimate of drug-likeness (QED) is 0.327. The number of hydrogen-bond donors (Lipinski definition) is 3. The van der Waals surface area contributed by atoms with Crippen LogP contribution in [0.25, 0.3) is 0 Å². The van der Waals surface area contributed by atoms with E-state index >= 15 is 0 Å². The number of amides is 1. The monoisotopic (exact) mass is 529 g/mol. The molecule has 3 atom stereocenters. The first-order valence-electron chi connectivity index (χ1n) is 13.0. The summed E-state index contributed by atoms with van der Waals surface area (Å²) in [6, 6.07) is 14.7. The molecule has 0 bridgehead atoms. The Labute approximate surface area is 224 Å². The summed E-state index contributed by atoms with van der Waals surface area (Å²) in [6.07, 6.45) is 6.27. The molecule has 1 unspecified atom stereocenters. The van der Waals surface area contributed by atoms with Gasteiger partial charge in [0.1, 0.15) is 0 Å². The van der Waals surface area contributed by atoms with E-state index in [2.05, 4.69) is 29.4 Å². The van der Waals surface area contributed by atoms with E-state index in [4.69, 9.17) is 33.9 Å². The summed E-state index contributed by atoms with van der Waals surface area (Å²) in [5.74, 6) is 0.327. The smallest absolute Gasteiger partial charge is 0.218 e. The zero-order valence-electron chi connectivity index (χ0n) is 21.1. The van der Waals surface area contributed by atoms with Crippen LogP contribution in [0.5, 0.6) is 0 Å². The van der Waals surface area contributed by atoms with Crippen molar-refractivity contribution in [3.05, 3.63) is 63.6 Å². The largest absolute Gasteiger partial charge is 0.370 e. The summed E-state index contributed by atoms with van der Waals surface area (Å²) < 4.78 is 0. The maximum Gasteiger partial charge on any atom is 0.218 e. The van der Waals surface area contributed by atoms with Gasteiger partial charge in [-0.3, -0.25) is 4.79 Å². The number of carbonyl (C=O) groups excluding carboxylic acids is 1. The number of carbonyl (C=O) groups is 1. The molecule has 36 heavy (non-hydrogen) atoms. The zero-order chi connectivity index (χ0) is 25.7. The van der Waals surface area contributed by atoms with Crippen LogP contribution >= 0.6 is 23.2 Å². The minimum atomic E-state index is -0.378. The second kappa shape index (κ2) is 12.3. The van der Waals surface area contributed by atoms with Gasteiger partial charge in [0.25, 0.3) is 0 Å². The van der Waals surface area contributed by atoms with Gasteiger partial charge < -0.3 is 21.3 Å². The highest BCUT2D eigenvalue weighted by Crippen LogP contribution is 2.35. The average molecular weight is 531 g/mol. The molecule has 2 aromatic carbocycles. The van der Waals surface area contributed by atoms with E-state index in [0.29, 0.717) is 28.2 Å². The number of hydrogen-bond acceptors (Lipinski definition) is 3.